The molecule has 1 N–H and O–H groups in total. The van der Waals surface area contributed by atoms with Gasteiger partial charge < -0.3 is 14.8 Å². The van der Waals surface area contributed by atoms with E-state index < -0.39 is 57.5 Å². The molecule has 0 spiro atoms. The molecule has 42 heavy (non-hydrogen) atoms. The number of nitro benzene ring substituents is 1. The van der Waals surface area contributed by atoms with E-state index in [9.17, 15) is 32.9 Å². The quantitative estimate of drug-likeness (QED) is 0.138. The largest absolute Gasteiger partial charge is 0.497 e. The number of hydrogen-bond acceptors (Lipinski definition) is 6. The third kappa shape index (κ3) is 5.99. The number of ether oxygens (including phenoxy) is 2. The lowest BCUT2D eigenvalue weighted by Gasteiger charge is -2.32. The van der Waals surface area contributed by atoms with E-state index in [0.717, 1.165) is 12.1 Å². The number of halogens is 5. The van der Waals surface area contributed by atoms with Crippen molar-refractivity contribution in [3.05, 3.63) is 117 Å². The molecule has 0 aliphatic heterocycles. The molecule has 13 heteroatoms. The number of anilines is 1. The number of hydrogen-bond donors (Lipinski definition) is 1. The number of esters is 1. The molecule has 0 bridgehead atoms. The number of allylic oxidation sites excluding steroid dienone is 2. The fourth-order valence-corrected chi connectivity index (χ4v) is 4.30. The van der Waals surface area contributed by atoms with Crippen LogP contribution in [0.1, 0.15) is 27.0 Å². The van der Waals surface area contributed by atoms with Crippen molar-refractivity contribution in [1.29, 1.82) is 0 Å². The standard InChI is InChI=1S/C29H21F5N2O6/c1-16-8-10-19(41-2)15-21(16)27(38)42-28(31)13-12-20(17-6-4-3-5-7-17)25(30)24(28)26(37)35-18-9-11-23(36(39)40)22(14-18)29(32,33)34/h3-15,24H,1-2H3,(H,35,37). The summed E-state index contributed by atoms with van der Waals surface area (Å²) in [6, 6.07) is 13.5. The van der Waals surface area contributed by atoms with Crippen molar-refractivity contribution in [3.8, 4) is 5.75 Å². The van der Waals surface area contributed by atoms with Crippen LogP contribution in [0.4, 0.5) is 33.3 Å². The van der Waals surface area contributed by atoms with Crippen LogP contribution in [-0.2, 0) is 15.7 Å². The number of aryl methyl sites for hydroxylation is 1. The van der Waals surface area contributed by atoms with Crippen molar-refractivity contribution in [3.63, 3.8) is 0 Å². The Labute approximate surface area is 235 Å². The molecule has 1 amide bonds. The molecule has 4 rings (SSSR count). The minimum atomic E-state index is -5.18. The van der Waals surface area contributed by atoms with Crippen molar-refractivity contribution >= 4 is 28.8 Å². The van der Waals surface area contributed by atoms with E-state index in [0.29, 0.717) is 17.7 Å². The Morgan fingerprint density at radius 3 is 2.36 bits per heavy atom. The Kier molecular flexibility index (Phi) is 8.14. The second-order valence-corrected chi connectivity index (χ2v) is 9.14. The molecule has 0 saturated carbocycles. The van der Waals surface area contributed by atoms with Crippen molar-refractivity contribution in [2.75, 3.05) is 12.4 Å². The zero-order valence-electron chi connectivity index (χ0n) is 21.9. The summed E-state index contributed by atoms with van der Waals surface area (Å²) in [5.41, 5.74) is -3.44. The van der Waals surface area contributed by atoms with Crippen LogP contribution >= 0.6 is 0 Å². The summed E-state index contributed by atoms with van der Waals surface area (Å²) >= 11 is 0. The second-order valence-electron chi connectivity index (χ2n) is 9.14. The number of nitrogens with one attached hydrogen (secondary N) is 1. The van der Waals surface area contributed by atoms with Crippen molar-refractivity contribution in [2.45, 2.75) is 19.0 Å². The molecular weight excluding hydrogens is 567 g/mol. The van der Waals surface area contributed by atoms with Crippen LogP contribution in [0.25, 0.3) is 5.57 Å². The second kappa shape index (κ2) is 11.4. The molecule has 0 aromatic heterocycles. The minimum absolute atomic E-state index is 0.151. The average molecular weight is 588 g/mol. The summed E-state index contributed by atoms with van der Waals surface area (Å²) in [7, 11) is 1.33. The number of nitrogens with zero attached hydrogens (tertiary/aromatic N) is 1. The van der Waals surface area contributed by atoms with Gasteiger partial charge in [0.1, 0.15) is 17.1 Å². The molecule has 3 aromatic rings. The summed E-state index contributed by atoms with van der Waals surface area (Å²) < 4.78 is 83.0. The fourth-order valence-electron chi connectivity index (χ4n) is 4.30. The highest BCUT2D eigenvalue weighted by molar-refractivity contribution is 5.99. The number of benzene rings is 3. The van der Waals surface area contributed by atoms with Crippen LogP contribution in [0.5, 0.6) is 5.75 Å². The number of carbonyl (C=O) groups excluding carboxylic acids is 2. The lowest BCUT2D eigenvalue weighted by Crippen LogP contribution is -2.45. The van der Waals surface area contributed by atoms with Gasteiger partial charge in [-0.3, -0.25) is 14.9 Å². The molecule has 2 unspecified atom stereocenters. The lowest BCUT2D eigenvalue weighted by molar-refractivity contribution is -0.388. The van der Waals surface area contributed by atoms with Gasteiger partial charge in [-0.1, -0.05) is 36.4 Å². The first kappa shape index (κ1) is 29.9. The summed E-state index contributed by atoms with van der Waals surface area (Å²) in [5, 5.41) is 13.1. The van der Waals surface area contributed by atoms with Crippen molar-refractivity contribution in [2.24, 2.45) is 5.92 Å². The predicted molar refractivity (Wildman–Crippen MR) is 141 cm³/mol. The van der Waals surface area contributed by atoms with Gasteiger partial charge in [0, 0.05) is 17.3 Å². The van der Waals surface area contributed by atoms with Crippen LogP contribution in [0.3, 0.4) is 0 Å². The topological polar surface area (TPSA) is 108 Å². The number of methoxy groups -OCH3 is 1. The summed E-state index contributed by atoms with van der Waals surface area (Å²) in [6.45, 7) is 1.52. The van der Waals surface area contributed by atoms with Gasteiger partial charge in [-0.05, 0) is 54.5 Å². The molecule has 0 saturated heterocycles. The summed E-state index contributed by atoms with van der Waals surface area (Å²) in [5.74, 6) is -9.90. The Hall–Kier alpha value is -5.07. The van der Waals surface area contributed by atoms with Gasteiger partial charge in [0.2, 0.25) is 5.91 Å². The molecule has 1 aliphatic carbocycles. The molecule has 8 nitrogen and oxygen atoms in total. The van der Waals surface area contributed by atoms with Gasteiger partial charge in [0.15, 0.2) is 5.92 Å². The Morgan fingerprint density at radius 1 is 1.05 bits per heavy atom. The molecule has 3 aromatic carbocycles. The van der Waals surface area contributed by atoms with Crippen LogP contribution in [-0.4, -0.2) is 29.8 Å². The van der Waals surface area contributed by atoms with E-state index in [1.807, 2.05) is 5.32 Å². The monoisotopic (exact) mass is 588 g/mol. The van der Waals surface area contributed by atoms with E-state index >= 15 is 8.78 Å². The van der Waals surface area contributed by atoms with Crippen LogP contribution in [0.2, 0.25) is 0 Å². The minimum Gasteiger partial charge on any atom is -0.497 e. The number of alkyl halides is 4. The Morgan fingerprint density at radius 2 is 1.74 bits per heavy atom. The summed E-state index contributed by atoms with van der Waals surface area (Å²) in [6.07, 6.45) is -3.54. The molecular formula is C29H21F5N2O6. The number of nitro groups is 1. The Balaban J connectivity index is 1.76. The van der Waals surface area contributed by atoms with E-state index in [1.165, 1.54) is 44.4 Å². The van der Waals surface area contributed by atoms with Crippen LogP contribution in [0, 0.1) is 23.0 Å². The van der Waals surface area contributed by atoms with E-state index in [4.69, 9.17) is 9.47 Å². The number of rotatable bonds is 7. The average Bonchev–Trinajstić information content (AvgIpc) is 2.93. The van der Waals surface area contributed by atoms with Crippen LogP contribution < -0.4 is 10.1 Å². The highest BCUT2D eigenvalue weighted by Crippen LogP contribution is 2.43. The maximum absolute atomic E-state index is 16.5. The van der Waals surface area contributed by atoms with E-state index in [-0.39, 0.29) is 28.5 Å². The zero-order chi connectivity index (χ0) is 30.8. The predicted octanol–water partition coefficient (Wildman–Crippen LogP) is 6.96. The van der Waals surface area contributed by atoms with Gasteiger partial charge in [0.25, 0.3) is 11.5 Å². The first-order valence-electron chi connectivity index (χ1n) is 12.1. The molecule has 2 atom stereocenters. The van der Waals surface area contributed by atoms with E-state index in [2.05, 4.69) is 0 Å². The van der Waals surface area contributed by atoms with Crippen molar-refractivity contribution in [1.82, 2.24) is 0 Å². The normalized spacial score (nSPS) is 18.4. The van der Waals surface area contributed by atoms with Gasteiger partial charge in [-0.25, -0.2) is 9.18 Å². The number of amides is 1. The highest BCUT2D eigenvalue weighted by atomic mass is 19.4. The number of carbonyl (C=O) groups is 2. The first-order chi connectivity index (χ1) is 19.7. The fraction of sp³-hybridized carbons (Fsp3) is 0.172. The van der Waals surface area contributed by atoms with Crippen molar-refractivity contribution < 1.29 is 45.9 Å². The molecule has 0 fully saturated rings. The SMILES string of the molecule is COc1ccc(C)c(C(=O)OC2(F)C=CC(c3ccccc3)=C(F)C2C(=O)Nc2ccc([N+](=O)[O-])c(C(F)(F)F)c2)c1. The molecule has 218 valence electrons. The smallest absolute Gasteiger partial charge is 0.423 e. The molecule has 0 heterocycles. The van der Waals surface area contributed by atoms with Gasteiger partial charge in [-0.15, -0.1) is 0 Å². The maximum atomic E-state index is 16.5. The molecule has 0 radical (unpaired) electrons. The first-order valence-corrected chi connectivity index (χ1v) is 12.1. The zero-order valence-corrected chi connectivity index (χ0v) is 21.9. The lowest BCUT2D eigenvalue weighted by atomic mass is 9.86. The Bertz CT molecular complexity index is 1620. The van der Waals surface area contributed by atoms with Gasteiger partial charge >= 0.3 is 12.1 Å². The third-order valence-electron chi connectivity index (χ3n) is 6.41. The van der Waals surface area contributed by atoms with Gasteiger partial charge in [0.05, 0.1) is 17.6 Å². The van der Waals surface area contributed by atoms with Gasteiger partial charge in [-0.2, -0.15) is 17.6 Å². The third-order valence-corrected chi connectivity index (χ3v) is 6.41. The van der Waals surface area contributed by atoms with E-state index in [1.54, 1.807) is 18.2 Å². The highest BCUT2D eigenvalue weighted by Gasteiger charge is 2.51. The maximum Gasteiger partial charge on any atom is 0.423 e. The summed E-state index contributed by atoms with van der Waals surface area (Å²) in [4.78, 5) is 36.2. The van der Waals surface area contributed by atoms with Crippen LogP contribution in [0.15, 0.2) is 84.7 Å². The molecule has 1 aliphatic rings.